The third-order valence-corrected chi connectivity index (χ3v) is 3.17. The molecular weight excluding hydrogens is 268 g/mol. The number of nitrogens with zero attached hydrogens (tertiary/aromatic N) is 2. The molecule has 0 saturated carbocycles. The first kappa shape index (κ1) is 16.4. The minimum absolute atomic E-state index is 0.143. The van der Waals surface area contributed by atoms with Crippen LogP contribution in [0.4, 0.5) is 0 Å². The third kappa shape index (κ3) is 4.46. The lowest BCUT2D eigenvalue weighted by atomic mass is 10.0. The van der Waals surface area contributed by atoms with Crippen LogP contribution < -0.4 is 0 Å². The van der Waals surface area contributed by atoms with Crippen molar-refractivity contribution in [1.29, 1.82) is 5.26 Å². The molecular formula is C16H18N2O3. The second-order valence-electron chi connectivity index (χ2n) is 4.48. The van der Waals surface area contributed by atoms with Crippen molar-refractivity contribution in [1.82, 2.24) is 4.90 Å². The van der Waals surface area contributed by atoms with E-state index in [9.17, 15) is 9.59 Å². The van der Waals surface area contributed by atoms with E-state index in [0.29, 0.717) is 24.2 Å². The fourth-order valence-corrected chi connectivity index (χ4v) is 1.99. The predicted molar refractivity (Wildman–Crippen MR) is 79.7 cm³/mol. The van der Waals surface area contributed by atoms with E-state index in [1.807, 2.05) is 13.0 Å². The number of aliphatic carboxylic acids is 1. The normalized spacial score (nSPS) is 10.3. The number of carboxylic acids is 1. The average molecular weight is 286 g/mol. The van der Waals surface area contributed by atoms with Gasteiger partial charge in [0, 0.05) is 24.7 Å². The summed E-state index contributed by atoms with van der Waals surface area (Å²) < 4.78 is 0. The van der Waals surface area contributed by atoms with Gasteiger partial charge in [0.15, 0.2) is 0 Å². The van der Waals surface area contributed by atoms with Gasteiger partial charge in [0.25, 0.3) is 5.91 Å². The zero-order valence-corrected chi connectivity index (χ0v) is 12.2. The molecule has 0 aliphatic rings. The molecule has 1 rings (SSSR count). The Kier molecular flexibility index (Phi) is 6.15. The Hall–Kier alpha value is -2.61. The van der Waals surface area contributed by atoms with E-state index in [1.165, 1.54) is 6.08 Å². The molecule has 0 bridgehead atoms. The molecule has 110 valence electrons. The van der Waals surface area contributed by atoms with Crippen molar-refractivity contribution in [2.75, 3.05) is 13.1 Å². The van der Waals surface area contributed by atoms with Crippen LogP contribution in [0, 0.1) is 18.3 Å². The first-order chi connectivity index (χ1) is 10.0. The third-order valence-electron chi connectivity index (χ3n) is 3.17. The quantitative estimate of drug-likeness (QED) is 0.814. The van der Waals surface area contributed by atoms with E-state index < -0.39 is 5.97 Å². The molecule has 0 fully saturated rings. The van der Waals surface area contributed by atoms with Crippen LogP contribution in [-0.2, 0) is 4.79 Å². The summed E-state index contributed by atoms with van der Waals surface area (Å²) in [5, 5.41) is 17.3. The number of amides is 1. The molecule has 1 aromatic rings. The summed E-state index contributed by atoms with van der Waals surface area (Å²) >= 11 is 0. The van der Waals surface area contributed by atoms with Crippen LogP contribution in [0.3, 0.4) is 0 Å². The van der Waals surface area contributed by atoms with Crippen molar-refractivity contribution >= 4 is 18.0 Å². The lowest BCUT2D eigenvalue weighted by Gasteiger charge is -2.21. The number of nitriles is 1. The largest absolute Gasteiger partial charge is 0.478 e. The molecule has 0 saturated heterocycles. The molecule has 5 heteroatoms. The van der Waals surface area contributed by atoms with E-state index in [0.717, 1.165) is 11.6 Å². The van der Waals surface area contributed by atoms with Gasteiger partial charge in [-0.15, -0.1) is 0 Å². The van der Waals surface area contributed by atoms with Gasteiger partial charge < -0.3 is 10.0 Å². The van der Waals surface area contributed by atoms with E-state index in [-0.39, 0.29) is 12.3 Å². The zero-order chi connectivity index (χ0) is 15.8. The van der Waals surface area contributed by atoms with Gasteiger partial charge in [0.1, 0.15) is 0 Å². The second kappa shape index (κ2) is 7.85. The molecule has 0 aromatic heterocycles. The number of hydrogen-bond acceptors (Lipinski definition) is 3. The van der Waals surface area contributed by atoms with Gasteiger partial charge in [-0.3, -0.25) is 4.79 Å². The average Bonchev–Trinajstić information content (AvgIpc) is 2.46. The first-order valence-electron chi connectivity index (χ1n) is 6.68. The summed E-state index contributed by atoms with van der Waals surface area (Å²) in [6, 6.07) is 7.22. The Morgan fingerprint density at radius 2 is 2.14 bits per heavy atom. The highest BCUT2D eigenvalue weighted by Crippen LogP contribution is 2.17. The van der Waals surface area contributed by atoms with Crippen molar-refractivity contribution in [2.45, 2.75) is 20.3 Å². The summed E-state index contributed by atoms with van der Waals surface area (Å²) in [6.07, 6.45) is 2.81. The Labute approximate surface area is 124 Å². The fourth-order valence-electron chi connectivity index (χ4n) is 1.99. The molecule has 0 aliphatic heterocycles. The number of carbonyl (C=O) groups excluding carboxylic acids is 1. The van der Waals surface area contributed by atoms with Crippen molar-refractivity contribution in [3.63, 3.8) is 0 Å². The number of carboxylic acid groups (broad SMARTS) is 1. The van der Waals surface area contributed by atoms with Gasteiger partial charge in [0.05, 0.1) is 12.5 Å². The van der Waals surface area contributed by atoms with Crippen molar-refractivity contribution in [2.24, 2.45) is 0 Å². The molecule has 1 amide bonds. The van der Waals surface area contributed by atoms with Gasteiger partial charge >= 0.3 is 5.97 Å². The molecule has 21 heavy (non-hydrogen) atoms. The van der Waals surface area contributed by atoms with Gasteiger partial charge in [-0.1, -0.05) is 12.1 Å². The highest BCUT2D eigenvalue weighted by molar-refractivity contribution is 5.97. The predicted octanol–water partition coefficient (Wildman–Crippen LogP) is 2.47. The second-order valence-corrected chi connectivity index (χ2v) is 4.48. The Balaban J connectivity index is 3.07. The van der Waals surface area contributed by atoms with Gasteiger partial charge in [-0.2, -0.15) is 5.26 Å². The summed E-state index contributed by atoms with van der Waals surface area (Å²) in [5.41, 5.74) is 1.96. The summed E-state index contributed by atoms with van der Waals surface area (Å²) in [5.74, 6) is -1.17. The SMILES string of the molecule is CCN(CCC#N)C(=O)c1cccc(C=CC(=O)O)c1C. The maximum absolute atomic E-state index is 12.5. The molecule has 0 atom stereocenters. The van der Waals surface area contributed by atoms with Crippen LogP contribution in [0.5, 0.6) is 0 Å². The fraction of sp³-hybridized carbons (Fsp3) is 0.312. The van der Waals surface area contributed by atoms with E-state index >= 15 is 0 Å². The Morgan fingerprint density at radius 1 is 1.43 bits per heavy atom. The van der Waals surface area contributed by atoms with Crippen molar-refractivity contribution in [3.8, 4) is 6.07 Å². The minimum atomic E-state index is -1.03. The van der Waals surface area contributed by atoms with Gasteiger partial charge in [0.2, 0.25) is 0 Å². The lowest BCUT2D eigenvalue weighted by molar-refractivity contribution is -0.131. The van der Waals surface area contributed by atoms with Crippen LogP contribution in [0.15, 0.2) is 24.3 Å². The Morgan fingerprint density at radius 3 is 2.71 bits per heavy atom. The van der Waals surface area contributed by atoms with E-state index in [1.54, 1.807) is 30.0 Å². The molecule has 0 radical (unpaired) electrons. The lowest BCUT2D eigenvalue weighted by Crippen LogP contribution is -2.32. The number of rotatable bonds is 6. The molecule has 0 spiro atoms. The Bertz CT molecular complexity index is 600. The zero-order valence-electron chi connectivity index (χ0n) is 12.2. The van der Waals surface area contributed by atoms with E-state index in [2.05, 4.69) is 0 Å². The first-order valence-corrected chi connectivity index (χ1v) is 6.68. The van der Waals surface area contributed by atoms with Crippen LogP contribution in [0.25, 0.3) is 6.08 Å². The standard InChI is InChI=1S/C16H18N2O3/c1-3-18(11-5-10-17)16(21)14-7-4-6-13(12(14)2)8-9-15(19)20/h4,6-9H,3,5,11H2,1-2H3,(H,19,20). The molecule has 0 unspecified atom stereocenters. The van der Waals surface area contributed by atoms with E-state index in [4.69, 9.17) is 10.4 Å². The molecule has 1 aromatic carbocycles. The minimum Gasteiger partial charge on any atom is -0.478 e. The van der Waals surface area contributed by atoms with Gasteiger partial charge in [-0.25, -0.2) is 4.79 Å². The summed E-state index contributed by atoms with van der Waals surface area (Å²) in [6.45, 7) is 4.56. The number of benzene rings is 1. The topological polar surface area (TPSA) is 81.4 Å². The molecule has 0 aliphatic carbocycles. The molecule has 1 N–H and O–H groups in total. The number of carbonyl (C=O) groups is 2. The summed E-state index contributed by atoms with van der Waals surface area (Å²) in [4.78, 5) is 24.7. The smallest absolute Gasteiger partial charge is 0.328 e. The van der Waals surface area contributed by atoms with Crippen LogP contribution in [0.1, 0.15) is 34.8 Å². The van der Waals surface area contributed by atoms with Gasteiger partial charge in [-0.05, 0) is 37.1 Å². The highest BCUT2D eigenvalue weighted by atomic mass is 16.4. The van der Waals surface area contributed by atoms with Crippen LogP contribution in [0.2, 0.25) is 0 Å². The van der Waals surface area contributed by atoms with Crippen LogP contribution >= 0.6 is 0 Å². The maximum atomic E-state index is 12.5. The van der Waals surface area contributed by atoms with Crippen molar-refractivity contribution in [3.05, 3.63) is 41.0 Å². The molecule has 5 nitrogen and oxygen atoms in total. The summed E-state index contributed by atoms with van der Waals surface area (Å²) in [7, 11) is 0. The maximum Gasteiger partial charge on any atom is 0.328 e. The highest BCUT2D eigenvalue weighted by Gasteiger charge is 2.16. The number of hydrogen-bond donors (Lipinski definition) is 1. The van der Waals surface area contributed by atoms with Crippen LogP contribution in [-0.4, -0.2) is 35.0 Å². The van der Waals surface area contributed by atoms with Crippen molar-refractivity contribution < 1.29 is 14.7 Å². The monoisotopic (exact) mass is 286 g/mol. The molecule has 0 heterocycles.